The van der Waals surface area contributed by atoms with Crippen molar-refractivity contribution in [1.29, 1.82) is 0 Å². The van der Waals surface area contributed by atoms with E-state index in [1.54, 1.807) is 18.2 Å². The van der Waals surface area contributed by atoms with Gasteiger partial charge in [0.1, 0.15) is 0 Å². The van der Waals surface area contributed by atoms with Crippen molar-refractivity contribution in [1.82, 2.24) is 0 Å². The smallest absolute Gasteiger partial charge is 0.329 e. The van der Waals surface area contributed by atoms with Gasteiger partial charge in [-0.05, 0) is 17.7 Å². The Morgan fingerprint density at radius 1 is 1.50 bits per heavy atom. The van der Waals surface area contributed by atoms with Gasteiger partial charge in [-0.3, -0.25) is 4.57 Å². The van der Waals surface area contributed by atoms with Crippen LogP contribution in [0.1, 0.15) is 11.2 Å². The number of nitrogens with two attached hydrogens (primary N) is 1. The largest absolute Gasteiger partial charge is 0.334 e. The van der Waals surface area contributed by atoms with Crippen LogP contribution in [0.5, 0.6) is 0 Å². The van der Waals surface area contributed by atoms with Crippen LogP contribution >= 0.6 is 19.2 Å². The predicted molar refractivity (Wildman–Crippen MR) is 55.3 cm³/mol. The summed E-state index contributed by atoms with van der Waals surface area (Å²) in [4.78, 5) is 18.0. The topological polar surface area (TPSA) is 83.6 Å². The van der Waals surface area contributed by atoms with Gasteiger partial charge in [0.25, 0.3) is 0 Å². The number of hydrogen-bond acceptors (Lipinski definition) is 2. The van der Waals surface area contributed by atoms with Crippen LogP contribution in [-0.4, -0.2) is 16.3 Å². The van der Waals surface area contributed by atoms with Crippen molar-refractivity contribution < 1.29 is 14.4 Å². The summed E-state index contributed by atoms with van der Waals surface area (Å²) in [5.74, 6) is 0. The molecule has 1 rings (SSSR count). The molecule has 0 aliphatic heterocycles. The fraction of sp³-hybridized carbons (Fsp3) is 0.250. The first-order chi connectivity index (χ1) is 6.45. The second-order valence-electron chi connectivity index (χ2n) is 2.90. The maximum Gasteiger partial charge on any atom is 0.334 e. The van der Waals surface area contributed by atoms with Gasteiger partial charge in [-0.2, -0.15) is 0 Å². The first-order valence-electron chi connectivity index (χ1n) is 3.96. The second kappa shape index (κ2) is 4.43. The molecule has 0 radical (unpaired) electrons. The summed E-state index contributed by atoms with van der Waals surface area (Å²) in [6.45, 7) is -0.107. The molecule has 1 aromatic rings. The number of rotatable bonds is 3. The minimum Gasteiger partial charge on any atom is -0.329 e. The van der Waals surface area contributed by atoms with Crippen molar-refractivity contribution in [2.75, 3.05) is 6.54 Å². The summed E-state index contributed by atoms with van der Waals surface area (Å²) in [7, 11) is -4.20. The van der Waals surface area contributed by atoms with E-state index >= 15 is 0 Å². The highest BCUT2D eigenvalue weighted by atomic mass is 35.5. The summed E-state index contributed by atoms with van der Waals surface area (Å²) in [6.07, 6.45) is 0. The van der Waals surface area contributed by atoms with Gasteiger partial charge in [0.2, 0.25) is 0 Å². The van der Waals surface area contributed by atoms with E-state index in [0.29, 0.717) is 10.6 Å². The Hall–Kier alpha value is -0.380. The molecule has 6 heteroatoms. The van der Waals surface area contributed by atoms with Crippen molar-refractivity contribution in [3.63, 3.8) is 0 Å². The molecule has 0 fully saturated rings. The molecule has 1 unspecified atom stereocenters. The van der Waals surface area contributed by atoms with E-state index in [1.165, 1.54) is 6.07 Å². The van der Waals surface area contributed by atoms with Crippen LogP contribution in [-0.2, 0) is 4.57 Å². The lowest BCUT2D eigenvalue weighted by molar-refractivity contribution is 0.359. The lowest BCUT2D eigenvalue weighted by Crippen LogP contribution is -2.12. The van der Waals surface area contributed by atoms with E-state index in [-0.39, 0.29) is 6.54 Å². The van der Waals surface area contributed by atoms with Crippen LogP contribution in [0.2, 0.25) is 5.02 Å². The maximum absolute atomic E-state index is 11.0. The zero-order valence-electron chi connectivity index (χ0n) is 7.30. The molecule has 0 saturated heterocycles. The van der Waals surface area contributed by atoms with E-state index in [4.69, 9.17) is 27.1 Å². The van der Waals surface area contributed by atoms with Gasteiger partial charge < -0.3 is 15.5 Å². The average Bonchev–Trinajstić information content (AvgIpc) is 2.02. The first kappa shape index (κ1) is 11.7. The molecule has 0 amide bonds. The number of benzene rings is 1. The lowest BCUT2D eigenvalue weighted by Gasteiger charge is -2.16. The Morgan fingerprint density at radius 3 is 2.57 bits per heavy atom. The quantitative estimate of drug-likeness (QED) is 0.694. The Labute approximate surface area is 86.9 Å². The minimum atomic E-state index is -4.20. The Kier molecular flexibility index (Phi) is 3.70. The molecule has 0 spiro atoms. The fourth-order valence-corrected chi connectivity index (χ4v) is 2.20. The molecular formula is C8H11ClNO3P. The lowest BCUT2D eigenvalue weighted by atomic mass is 10.1. The molecule has 0 bridgehead atoms. The molecule has 0 aliphatic carbocycles. The van der Waals surface area contributed by atoms with Crippen LogP contribution in [0.25, 0.3) is 0 Å². The number of hydrogen-bond donors (Lipinski definition) is 3. The Morgan fingerprint density at radius 2 is 2.14 bits per heavy atom. The highest BCUT2D eigenvalue weighted by molar-refractivity contribution is 7.52. The SMILES string of the molecule is NCC(c1cccc(Cl)c1)P(=O)(O)O. The molecule has 1 aromatic carbocycles. The van der Waals surface area contributed by atoms with Gasteiger partial charge in [0.15, 0.2) is 0 Å². The molecule has 0 aliphatic rings. The van der Waals surface area contributed by atoms with Crippen molar-refractivity contribution in [3.05, 3.63) is 34.9 Å². The van der Waals surface area contributed by atoms with Gasteiger partial charge in [-0.15, -0.1) is 0 Å². The van der Waals surface area contributed by atoms with Crippen molar-refractivity contribution in [2.45, 2.75) is 5.66 Å². The van der Waals surface area contributed by atoms with Crippen molar-refractivity contribution in [2.24, 2.45) is 5.73 Å². The Balaban J connectivity index is 3.08. The molecule has 0 saturated carbocycles. The fourth-order valence-electron chi connectivity index (χ4n) is 1.18. The standard InChI is InChI=1S/C8H11ClNO3P/c9-7-3-1-2-6(4-7)8(5-10)14(11,12)13/h1-4,8H,5,10H2,(H2,11,12,13). The third-order valence-corrected chi connectivity index (χ3v) is 3.42. The highest BCUT2D eigenvalue weighted by Gasteiger charge is 2.28. The van der Waals surface area contributed by atoms with Crippen LogP contribution in [0.3, 0.4) is 0 Å². The molecule has 0 heterocycles. The molecule has 14 heavy (non-hydrogen) atoms. The van der Waals surface area contributed by atoms with Gasteiger partial charge in [0.05, 0.1) is 5.66 Å². The van der Waals surface area contributed by atoms with Gasteiger partial charge in [-0.1, -0.05) is 23.7 Å². The first-order valence-corrected chi connectivity index (χ1v) is 6.02. The maximum atomic E-state index is 11.0. The monoisotopic (exact) mass is 235 g/mol. The minimum absolute atomic E-state index is 0.107. The Bertz CT molecular complexity index is 365. The van der Waals surface area contributed by atoms with Crippen LogP contribution in [0.4, 0.5) is 0 Å². The summed E-state index contributed by atoms with van der Waals surface area (Å²) >= 11 is 5.70. The van der Waals surface area contributed by atoms with E-state index in [2.05, 4.69) is 0 Å². The number of halogens is 1. The molecule has 1 atom stereocenters. The molecule has 4 N–H and O–H groups in total. The summed E-state index contributed by atoms with van der Waals surface area (Å²) in [6, 6.07) is 6.38. The second-order valence-corrected chi connectivity index (χ2v) is 5.13. The van der Waals surface area contributed by atoms with Gasteiger partial charge in [0, 0.05) is 11.6 Å². The normalized spacial score (nSPS) is 14.0. The van der Waals surface area contributed by atoms with E-state index in [9.17, 15) is 4.57 Å². The van der Waals surface area contributed by atoms with E-state index in [0.717, 1.165) is 0 Å². The molecule has 4 nitrogen and oxygen atoms in total. The third kappa shape index (κ3) is 2.80. The van der Waals surface area contributed by atoms with Crippen molar-refractivity contribution >= 4 is 19.2 Å². The molecular weight excluding hydrogens is 225 g/mol. The summed E-state index contributed by atoms with van der Waals surface area (Å²) in [5.41, 5.74) is 4.80. The van der Waals surface area contributed by atoms with E-state index < -0.39 is 13.3 Å². The van der Waals surface area contributed by atoms with Crippen LogP contribution < -0.4 is 5.73 Å². The average molecular weight is 236 g/mol. The van der Waals surface area contributed by atoms with E-state index in [1.807, 2.05) is 0 Å². The van der Waals surface area contributed by atoms with Gasteiger partial charge >= 0.3 is 7.60 Å². The van der Waals surface area contributed by atoms with Crippen LogP contribution in [0.15, 0.2) is 24.3 Å². The van der Waals surface area contributed by atoms with Crippen LogP contribution in [0, 0.1) is 0 Å². The summed E-state index contributed by atoms with van der Waals surface area (Å²) in [5, 5.41) is 0.439. The third-order valence-electron chi connectivity index (χ3n) is 1.86. The molecule has 78 valence electrons. The zero-order valence-corrected chi connectivity index (χ0v) is 8.95. The van der Waals surface area contributed by atoms with Crippen molar-refractivity contribution in [3.8, 4) is 0 Å². The highest BCUT2D eigenvalue weighted by Crippen LogP contribution is 2.51. The summed E-state index contributed by atoms with van der Waals surface area (Å²) < 4.78 is 11.0. The zero-order chi connectivity index (χ0) is 10.8. The predicted octanol–water partition coefficient (Wildman–Crippen LogP) is 1.52. The van der Waals surface area contributed by atoms with Gasteiger partial charge in [-0.25, -0.2) is 0 Å². The molecule has 0 aromatic heterocycles.